The van der Waals surface area contributed by atoms with Gasteiger partial charge in [-0.2, -0.15) is 5.48 Å². The normalized spacial score (nSPS) is 40.8. The van der Waals surface area contributed by atoms with Crippen LogP contribution in [0.5, 0.6) is 0 Å². The molecule has 0 unspecified atom stereocenters. The number of rotatable bonds is 6. The number of nitrogens with one attached hydrogen (secondary N) is 1. The fourth-order valence-electron chi connectivity index (χ4n) is 10.2. The number of piperidine rings is 1. The Labute approximate surface area is 381 Å². The van der Waals surface area contributed by atoms with E-state index < -0.39 is 72.0 Å². The second kappa shape index (κ2) is 25.2. The molecule has 1 amide bonds. The first-order valence-electron chi connectivity index (χ1n) is 23.9. The summed E-state index contributed by atoms with van der Waals surface area (Å²) in [5.74, 6) is -6.37. The molecule has 2 saturated heterocycles. The lowest BCUT2D eigenvalue weighted by Gasteiger charge is -2.42. The van der Waals surface area contributed by atoms with E-state index in [2.05, 4.69) is 5.48 Å². The zero-order valence-electron chi connectivity index (χ0n) is 39.9. The minimum atomic E-state index is -2.43. The van der Waals surface area contributed by atoms with E-state index in [0.717, 1.165) is 12.0 Å². The quantitative estimate of drug-likeness (QED) is 0.0858. The van der Waals surface area contributed by atoms with Gasteiger partial charge in [-0.05, 0) is 127 Å². The van der Waals surface area contributed by atoms with Crippen LogP contribution in [-0.4, -0.2) is 124 Å². The van der Waals surface area contributed by atoms with Crippen LogP contribution in [0.15, 0.2) is 47.6 Å². The Morgan fingerprint density at radius 1 is 0.859 bits per heavy atom. The van der Waals surface area contributed by atoms with E-state index in [1.165, 1.54) is 12.0 Å². The molecule has 1 saturated carbocycles. The van der Waals surface area contributed by atoms with Crippen LogP contribution in [-0.2, 0) is 38.1 Å². The number of aliphatic hydroxyl groups is 3. The highest BCUT2D eigenvalue weighted by molar-refractivity contribution is 6.39. The second-order valence-corrected chi connectivity index (χ2v) is 19.6. The topological polar surface area (TPSA) is 201 Å². The number of hydrogen-bond acceptors (Lipinski definition) is 13. The summed E-state index contributed by atoms with van der Waals surface area (Å²) < 4.78 is 23.7. The number of esters is 1. The molecule has 2 bridgehead atoms. The van der Waals surface area contributed by atoms with E-state index in [0.29, 0.717) is 76.2 Å². The van der Waals surface area contributed by atoms with E-state index in [-0.39, 0.29) is 54.4 Å². The SMILES string of the molecule is CO[C@@H]1C[C@H](C[C@@H](C)[C@@H]2CC[C@H](C)/C=C(\C)[C@@H](O)[C@@H](OC)C(=O)[C@H](C)C[C@H](C)/C=C/C=C/C=C(\C)[C@H](NO)C[C@@H]3CC[C@@H](C)[C@@](O)(O3)C(=O)C(=O)N3CCCC[C@H]3C(=O)O2)CC[C@H]1O. The van der Waals surface area contributed by atoms with Gasteiger partial charge in [0.1, 0.15) is 24.4 Å². The Hall–Kier alpha value is -3.08. The summed E-state index contributed by atoms with van der Waals surface area (Å²) in [4.78, 5) is 57.6. The molecule has 15 atom stereocenters. The van der Waals surface area contributed by atoms with Gasteiger partial charge in [0.15, 0.2) is 5.78 Å². The molecule has 14 heteroatoms. The van der Waals surface area contributed by atoms with Crippen LogP contribution >= 0.6 is 0 Å². The van der Waals surface area contributed by atoms with Gasteiger partial charge in [0.05, 0.1) is 24.4 Å². The van der Waals surface area contributed by atoms with Crippen LogP contribution in [0, 0.1) is 35.5 Å². The van der Waals surface area contributed by atoms with Crippen LogP contribution in [0.1, 0.15) is 132 Å². The van der Waals surface area contributed by atoms with Gasteiger partial charge in [0, 0.05) is 32.6 Å². The number of amides is 1. The number of ether oxygens (including phenoxy) is 4. The maximum absolute atomic E-state index is 14.3. The van der Waals surface area contributed by atoms with Crippen molar-refractivity contribution in [2.24, 2.45) is 35.5 Å². The average Bonchev–Trinajstić information content (AvgIpc) is 3.27. The Morgan fingerprint density at radius 2 is 1.59 bits per heavy atom. The van der Waals surface area contributed by atoms with E-state index in [4.69, 9.17) is 18.9 Å². The van der Waals surface area contributed by atoms with Gasteiger partial charge in [0.2, 0.25) is 5.79 Å². The predicted octanol–water partition coefficient (Wildman–Crippen LogP) is 6.33. The number of ketones is 2. The third-order valence-corrected chi connectivity index (χ3v) is 14.4. The molecule has 4 aliphatic rings. The summed E-state index contributed by atoms with van der Waals surface area (Å²) in [6, 6.07) is -1.63. The molecule has 0 spiro atoms. The fraction of sp³-hybridized carbons (Fsp3) is 0.760. The number of aliphatic hydroxyl groups excluding tert-OH is 2. The monoisotopic (exact) mass is 901 g/mol. The Morgan fingerprint density at radius 3 is 2.28 bits per heavy atom. The number of carbonyl (C=O) groups excluding carboxylic acids is 4. The maximum atomic E-state index is 14.3. The van der Waals surface area contributed by atoms with Crippen molar-refractivity contribution < 1.29 is 58.7 Å². The van der Waals surface area contributed by atoms with Crippen LogP contribution in [0.2, 0.25) is 0 Å². The molecule has 64 heavy (non-hydrogen) atoms. The molecule has 3 heterocycles. The smallest absolute Gasteiger partial charge is 0.329 e. The highest BCUT2D eigenvalue weighted by Crippen LogP contribution is 2.37. The number of cyclic esters (lactones) is 1. The molecule has 1 aliphatic carbocycles. The van der Waals surface area contributed by atoms with Crippen LogP contribution in [0.3, 0.4) is 0 Å². The molecule has 4 rings (SSSR count). The zero-order valence-corrected chi connectivity index (χ0v) is 39.9. The van der Waals surface area contributed by atoms with Gasteiger partial charge in [0.25, 0.3) is 11.7 Å². The molecule has 0 radical (unpaired) electrons. The number of allylic oxidation sites excluding steroid dienone is 6. The first-order chi connectivity index (χ1) is 30.3. The van der Waals surface area contributed by atoms with Gasteiger partial charge in [-0.25, -0.2) is 4.79 Å². The summed E-state index contributed by atoms with van der Waals surface area (Å²) in [7, 11) is 3.03. The Balaban J connectivity index is 1.67. The zero-order chi connectivity index (χ0) is 47.3. The van der Waals surface area contributed by atoms with Crippen molar-refractivity contribution in [1.29, 1.82) is 0 Å². The van der Waals surface area contributed by atoms with Crippen LogP contribution < -0.4 is 5.48 Å². The van der Waals surface area contributed by atoms with Crippen molar-refractivity contribution in [3.8, 4) is 0 Å². The van der Waals surface area contributed by atoms with Gasteiger partial charge in [-0.1, -0.05) is 76.6 Å². The van der Waals surface area contributed by atoms with Gasteiger partial charge >= 0.3 is 5.97 Å². The van der Waals surface area contributed by atoms with Crippen molar-refractivity contribution in [2.75, 3.05) is 20.8 Å². The summed E-state index contributed by atoms with van der Waals surface area (Å²) in [6.07, 6.45) is 14.0. The number of nitrogens with zero attached hydrogens (tertiary/aromatic N) is 1. The van der Waals surface area contributed by atoms with Gasteiger partial charge in [-0.15, -0.1) is 0 Å². The van der Waals surface area contributed by atoms with Crippen molar-refractivity contribution in [3.63, 3.8) is 0 Å². The summed E-state index contributed by atoms with van der Waals surface area (Å²) in [5, 5.41) is 44.0. The second-order valence-electron chi connectivity index (χ2n) is 19.6. The number of hydrogen-bond donors (Lipinski definition) is 5. The van der Waals surface area contributed by atoms with Crippen molar-refractivity contribution in [1.82, 2.24) is 10.4 Å². The molecule has 3 fully saturated rings. The number of carbonyl (C=O) groups is 4. The third kappa shape index (κ3) is 14.2. The highest BCUT2D eigenvalue weighted by atomic mass is 16.6. The first-order valence-corrected chi connectivity index (χ1v) is 23.9. The minimum absolute atomic E-state index is 0.0402. The lowest BCUT2D eigenvalue weighted by atomic mass is 9.78. The van der Waals surface area contributed by atoms with Crippen LogP contribution in [0.25, 0.3) is 0 Å². The summed E-state index contributed by atoms with van der Waals surface area (Å²) in [6.45, 7) is 13.3. The summed E-state index contributed by atoms with van der Waals surface area (Å²) in [5.41, 5.74) is 3.69. The van der Waals surface area contributed by atoms with E-state index in [1.54, 1.807) is 21.0 Å². The largest absolute Gasteiger partial charge is 0.461 e. The van der Waals surface area contributed by atoms with E-state index in [9.17, 15) is 39.7 Å². The fourth-order valence-corrected chi connectivity index (χ4v) is 10.2. The molecule has 3 aliphatic heterocycles. The molecule has 14 nitrogen and oxygen atoms in total. The molecular weight excluding hydrogens is 821 g/mol. The minimum Gasteiger partial charge on any atom is -0.461 e. The molecular formula is C50H80N2O12. The Bertz CT molecular complexity index is 1680. The van der Waals surface area contributed by atoms with E-state index in [1.807, 2.05) is 71.1 Å². The summed E-state index contributed by atoms with van der Waals surface area (Å²) >= 11 is 0. The molecule has 0 aromatic carbocycles. The molecule has 0 aromatic rings. The number of Topliss-reactive ketones (excluding diaryl/α,β-unsaturated/α-hetero) is 2. The molecule has 5 N–H and O–H groups in total. The van der Waals surface area contributed by atoms with Crippen LogP contribution in [0.4, 0.5) is 0 Å². The van der Waals surface area contributed by atoms with Crippen molar-refractivity contribution in [2.45, 2.75) is 186 Å². The highest BCUT2D eigenvalue weighted by Gasteiger charge is 2.53. The predicted molar refractivity (Wildman–Crippen MR) is 243 cm³/mol. The first kappa shape index (κ1) is 53.5. The van der Waals surface area contributed by atoms with E-state index >= 15 is 0 Å². The maximum Gasteiger partial charge on any atom is 0.329 e. The average molecular weight is 901 g/mol. The third-order valence-electron chi connectivity index (χ3n) is 14.4. The molecule has 362 valence electrons. The lowest BCUT2D eigenvalue weighted by molar-refractivity contribution is -0.264. The van der Waals surface area contributed by atoms with Gasteiger partial charge in [-0.3, -0.25) is 14.4 Å². The number of fused-ring (bicyclic) bond motifs is 3. The number of hydroxylamine groups is 1. The molecule has 0 aromatic heterocycles. The Kier molecular flexibility index (Phi) is 21.0. The standard InChI is InChI=1S/C50H80N2O12/c1-30-15-11-10-12-16-32(3)39(51-60)29-38-21-19-36(7)50(59,64-38)47(56)48(57)52-24-14-13-17-40(52)49(58)63-42(33(4)27-37-20-22-41(53)43(28-37)61-8)23-18-31(2)26-35(6)45(55)46(62-9)44(54)34(5)25-30/h10-12,15-16,26,30-31,33-34,36-43,45-46,51,53,55,59-60H,13-14,17-25,27-29H2,1-9H3/b12-10+,15-11+,32-16+,35-26+/t30-,31+,33-,34-,36-,37+,38+,39-,40+,41-,42+,43-,45-,46+,50-/m1/s1. The number of methoxy groups -OCH3 is 2. The van der Waals surface area contributed by atoms with Crippen molar-refractivity contribution >= 4 is 23.4 Å². The van der Waals surface area contributed by atoms with Crippen molar-refractivity contribution in [3.05, 3.63) is 47.6 Å². The van der Waals surface area contributed by atoms with Gasteiger partial charge < -0.3 is 44.4 Å². The lowest BCUT2D eigenvalue weighted by Crippen LogP contribution is -2.61.